The van der Waals surface area contributed by atoms with E-state index in [1.54, 1.807) is 24.3 Å². The van der Waals surface area contributed by atoms with Crippen LogP contribution in [-0.2, 0) is 26.7 Å². The highest BCUT2D eigenvalue weighted by Gasteiger charge is 2.30. The highest BCUT2D eigenvalue weighted by atomic mass is 19.4. The van der Waals surface area contributed by atoms with Crippen molar-refractivity contribution in [3.8, 4) is 0 Å². The summed E-state index contributed by atoms with van der Waals surface area (Å²) in [5, 5.41) is 10.3. The van der Waals surface area contributed by atoms with Crippen LogP contribution in [0.25, 0.3) is 0 Å². The Hall–Kier alpha value is -1.97. The number of tetrazole rings is 1. The fourth-order valence-corrected chi connectivity index (χ4v) is 1.72. The molecule has 0 radical (unpaired) electrons. The van der Waals surface area contributed by atoms with Gasteiger partial charge in [-0.1, -0.05) is 0 Å². The fourth-order valence-electron chi connectivity index (χ4n) is 1.72. The van der Waals surface area contributed by atoms with Gasteiger partial charge in [0.1, 0.15) is 12.4 Å². The van der Waals surface area contributed by atoms with Crippen LogP contribution in [0.2, 0.25) is 0 Å². The molecule has 2 rings (SSSR count). The third kappa shape index (κ3) is 3.76. The minimum Gasteiger partial charge on any atom is -0.337 e. The molecule has 0 atom stereocenters. The molecule has 2 heterocycles. The Bertz CT molecular complexity index is 559. The Morgan fingerprint density at radius 1 is 1.25 bits per heavy atom. The molecule has 0 bridgehead atoms. The van der Waals surface area contributed by atoms with Crippen LogP contribution in [0.4, 0.5) is 13.2 Å². The van der Waals surface area contributed by atoms with E-state index in [1.165, 1.54) is 0 Å². The summed E-state index contributed by atoms with van der Waals surface area (Å²) in [5.41, 5.74) is 0. The number of halogens is 3. The van der Waals surface area contributed by atoms with E-state index in [1.807, 2.05) is 11.6 Å². The first-order chi connectivity index (χ1) is 9.35. The van der Waals surface area contributed by atoms with Gasteiger partial charge >= 0.3 is 6.18 Å². The molecule has 0 aliphatic heterocycles. The van der Waals surface area contributed by atoms with Gasteiger partial charge in [-0.2, -0.15) is 13.2 Å². The first kappa shape index (κ1) is 14.4. The van der Waals surface area contributed by atoms with Crippen LogP contribution >= 0.6 is 0 Å². The molecule has 10 heteroatoms. The lowest BCUT2D eigenvalue weighted by atomic mass is 10.4. The summed E-state index contributed by atoms with van der Waals surface area (Å²) in [5.74, 6) is 0.974. The lowest BCUT2D eigenvalue weighted by molar-refractivity contribution is -0.143. The second kappa shape index (κ2) is 5.57. The molecule has 0 aliphatic rings. The molecule has 0 fully saturated rings. The highest BCUT2D eigenvalue weighted by Crippen LogP contribution is 2.17. The van der Waals surface area contributed by atoms with Gasteiger partial charge in [-0.05, 0) is 17.5 Å². The molecule has 0 N–H and O–H groups in total. The van der Waals surface area contributed by atoms with Crippen molar-refractivity contribution in [2.24, 2.45) is 7.05 Å². The molecular formula is C10H14F3N7. The Kier molecular flexibility index (Phi) is 4.02. The average molecular weight is 289 g/mol. The molecule has 0 unspecified atom stereocenters. The summed E-state index contributed by atoms with van der Waals surface area (Å²) < 4.78 is 39.7. The quantitative estimate of drug-likeness (QED) is 0.806. The van der Waals surface area contributed by atoms with Gasteiger partial charge in [0, 0.05) is 19.4 Å². The van der Waals surface area contributed by atoms with Crippen LogP contribution in [0.15, 0.2) is 12.4 Å². The van der Waals surface area contributed by atoms with Gasteiger partial charge in [0.05, 0.1) is 13.1 Å². The molecule has 0 aliphatic carbocycles. The summed E-state index contributed by atoms with van der Waals surface area (Å²) >= 11 is 0. The van der Waals surface area contributed by atoms with Crippen molar-refractivity contribution < 1.29 is 13.2 Å². The lowest BCUT2D eigenvalue weighted by Gasteiger charge is -2.16. The molecule has 0 saturated heterocycles. The van der Waals surface area contributed by atoms with Gasteiger partial charge in [0.25, 0.3) is 0 Å². The summed E-state index contributed by atoms with van der Waals surface area (Å²) in [7, 11) is 3.62. The van der Waals surface area contributed by atoms with Gasteiger partial charge in [0.2, 0.25) is 0 Å². The van der Waals surface area contributed by atoms with Gasteiger partial charge in [0.15, 0.2) is 5.82 Å². The average Bonchev–Trinajstić information content (AvgIpc) is 2.88. The molecule has 20 heavy (non-hydrogen) atoms. The normalized spacial score (nSPS) is 12.3. The third-order valence-electron chi connectivity index (χ3n) is 2.68. The summed E-state index contributed by atoms with van der Waals surface area (Å²) in [4.78, 5) is 5.94. The third-order valence-corrected chi connectivity index (χ3v) is 2.68. The van der Waals surface area contributed by atoms with Crippen LogP contribution in [0.5, 0.6) is 0 Å². The zero-order chi connectivity index (χ0) is 14.8. The minimum absolute atomic E-state index is 0.166. The summed E-state index contributed by atoms with van der Waals surface area (Å²) in [6.07, 6.45) is -0.879. The summed E-state index contributed by atoms with van der Waals surface area (Å²) in [6, 6.07) is 0. The van der Waals surface area contributed by atoms with Gasteiger partial charge in [-0.25, -0.2) is 9.67 Å². The monoisotopic (exact) mass is 289 g/mol. The number of hydrogen-bond acceptors (Lipinski definition) is 5. The van der Waals surface area contributed by atoms with Crippen LogP contribution in [0.3, 0.4) is 0 Å². The zero-order valence-corrected chi connectivity index (χ0v) is 11.0. The highest BCUT2D eigenvalue weighted by molar-refractivity contribution is 4.91. The second-order valence-electron chi connectivity index (χ2n) is 4.49. The molecular weight excluding hydrogens is 275 g/mol. The van der Waals surface area contributed by atoms with E-state index in [4.69, 9.17) is 0 Å². The number of aromatic nitrogens is 6. The number of hydrogen-bond donors (Lipinski definition) is 0. The van der Waals surface area contributed by atoms with Crippen LogP contribution < -0.4 is 0 Å². The van der Waals surface area contributed by atoms with E-state index in [9.17, 15) is 13.2 Å². The molecule has 7 nitrogen and oxygen atoms in total. The molecule has 0 amide bonds. The number of aryl methyl sites for hydroxylation is 1. The van der Waals surface area contributed by atoms with Crippen molar-refractivity contribution in [2.75, 3.05) is 7.05 Å². The van der Waals surface area contributed by atoms with E-state index in [2.05, 4.69) is 20.5 Å². The van der Waals surface area contributed by atoms with E-state index >= 15 is 0 Å². The Morgan fingerprint density at radius 3 is 2.55 bits per heavy atom. The fraction of sp³-hybridized carbons (Fsp3) is 0.600. The van der Waals surface area contributed by atoms with Crippen molar-refractivity contribution in [1.82, 2.24) is 34.7 Å². The summed E-state index contributed by atoms with van der Waals surface area (Å²) in [6.45, 7) is -0.496. The lowest BCUT2D eigenvalue weighted by Crippen LogP contribution is -2.25. The van der Waals surface area contributed by atoms with Crippen molar-refractivity contribution in [2.45, 2.75) is 25.8 Å². The molecule has 2 aromatic rings. The van der Waals surface area contributed by atoms with Gasteiger partial charge in [-0.15, -0.1) is 5.10 Å². The maximum absolute atomic E-state index is 12.4. The first-order valence-corrected chi connectivity index (χ1v) is 5.81. The maximum atomic E-state index is 12.4. The van der Waals surface area contributed by atoms with Crippen molar-refractivity contribution in [1.29, 1.82) is 0 Å². The second-order valence-corrected chi connectivity index (χ2v) is 4.49. The number of alkyl halides is 3. The standard InChI is InChI=1S/C10H14F3N7/c1-18(5-8-14-3-4-19(8)2)6-9-15-16-17-20(9)7-10(11,12)13/h3-4H,5-7H2,1-2H3. The molecule has 0 spiro atoms. The van der Waals surface area contributed by atoms with E-state index in [-0.39, 0.29) is 12.4 Å². The number of rotatable bonds is 5. The van der Waals surface area contributed by atoms with E-state index < -0.39 is 12.7 Å². The van der Waals surface area contributed by atoms with E-state index in [0.29, 0.717) is 6.54 Å². The molecule has 2 aromatic heterocycles. The number of imidazole rings is 1. The topological polar surface area (TPSA) is 64.7 Å². The van der Waals surface area contributed by atoms with Gasteiger partial charge in [-0.3, -0.25) is 4.90 Å². The zero-order valence-electron chi connectivity index (χ0n) is 11.0. The molecule has 0 saturated carbocycles. The Labute approximate surface area is 113 Å². The first-order valence-electron chi connectivity index (χ1n) is 5.81. The SMILES string of the molecule is CN(Cc1nccn1C)Cc1nnnn1CC(F)(F)F. The minimum atomic E-state index is -4.34. The smallest absolute Gasteiger partial charge is 0.337 e. The van der Waals surface area contributed by atoms with Crippen LogP contribution in [-0.4, -0.2) is 47.9 Å². The Balaban J connectivity index is 2.00. The number of nitrogens with zero attached hydrogens (tertiary/aromatic N) is 7. The maximum Gasteiger partial charge on any atom is 0.408 e. The van der Waals surface area contributed by atoms with Crippen molar-refractivity contribution in [3.63, 3.8) is 0 Å². The Morgan fingerprint density at radius 2 is 1.95 bits per heavy atom. The van der Waals surface area contributed by atoms with E-state index in [0.717, 1.165) is 10.5 Å². The van der Waals surface area contributed by atoms with Crippen LogP contribution in [0.1, 0.15) is 11.6 Å². The predicted molar refractivity (Wildman–Crippen MR) is 62.3 cm³/mol. The van der Waals surface area contributed by atoms with Crippen molar-refractivity contribution >= 4 is 0 Å². The van der Waals surface area contributed by atoms with Gasteiger partial charge < -0.3 is 4.57 Å². The van der Waals surface area contributed by atoms with Crippen molar-refractivity contribution in [3.05, 3.63) is 24.0 Å². The molecule has 110 valence electrons. The largest absolute Gasteiger partial charge is 0.408 e. The molecule has 0 aromatic carbocycles. The predicted octanol–water partition coefficient (Wildman–Crippen LogP) is 0.601. The van der Waals surface area contributed by atoms with Crippen LogP contribution in [0, 0.1) is 0 Å².